The summed E-state index contributed by atoms with van der Waals surface area (Å²) in [6.07, 6.45) is 1.68. The number of rotatable bonds is 3. The zero-order valence-corrected chi connectivity index (χ0v) is 9.71. The first-order chi connectivity index (χ1) is 6.50. The highest BCUT2D eigenvalue weighted by Crippen LogP contribution is 2.11. The lowest BCUT2D eigenvalue weighted by molar-refractivity contribution is -0.132. The molecule has 1 aliphatic rings. The van der Waals surface area contributed by atoms with Gasteiger partial charge in [-0.3, -0.25) is 4.79 Å². The number of carbonyl (C=O) groups is 1. The number of likely N-dealkylation sites (N-methyl/N-ethyl adjacent to an activating group) is 1. The Morgan fingerprint density at radius 3 is 2.57 bits per heavy atom. The van der Waals surface area contributed by atoms with Gasteiger partial charge in [-0.1, -0.05) is 13.8 Å². The van der Waals surface area contributed by atoms with Gasteiger partial charge in [-0.05, 0) is 19.3 Å². The molecule has 0 aromatic carbocycles. The van der Waals surface area contributed by atoms with E-state index in [0.29, 0.717) is 24.4 Å². The Hall–Kier alpha value is -0.570. The summed E-state index contributed by atoms with van der Waals surface area (Å²) in [5.41, 5.74) is 0. The number of hydrogen-bond acceptors (Lipinski definition) is 2. The van der Waals surface area contributed by atoms with Gasteiger partial charge in [0.2, 0.25) is 5.91 Å². The smallest absolute Gasteiger partial charge is 0.222 e. The molecule has 0 saturated carbocycles. The molecule has 0 aliphatic carbocycles. The summed E-state index contributed by atoms with van der Waals surface area (Å²) in [5, 5.41) is 3.58. The molecular weight excluding hydrogens is 176 g/mol. The fourth-order valence-electron chi connectivity index (χ4n) is 1.71. The summed E-state index contributed by atoms with van der Waals surface area (Å²) in [6, 6.07) is 1.01. The average Bonchev–Trinajstić information content (AvgIpc) is 2.11. The summed E-state index contributed by atoms with van der Waals surface area (Å²) in [6.45, 7) is 7.50. The lowest BCUT2D eigenvalue weighted by Crippen LogP contribution is -2.50. The van der Waals surface area contributed by atoms with E-state index >= 15 is 0 Å². The molecule has 14 heavy (non-hydrogen) atoms. The Labute approximate surface area is 86.9 Å². The van der Waals surface area contributed by atoms with Crippen LogP contribution in [0.1, 0.15) is 33.6 Å². The van der Waals surface area contributed by atoms with Crippen molar-refractivity contribution in [3.05, 3.63) is 0 Å². The number of amides is 1. The highest BCUT2D eigenvalue weighted by atomic mass is 16.2. The van der Waals surface area contributed by atoms with Crippen LogP contribution in [0.3, 0.4) is 0 Å². The molecule has 0 radical (unpaired) electrons. The first-order valence-corrected chi connectivity index (χ1v) is 5.50. The van der Waals surface area contributed by atoms with E-state index in [1.54, 1.807) is 0 Å². The summed E-state index contributed by atoms with van der Waals surface area (Å²) < 4.78 is 0. The van der Waals surface area contributed by atoms with Gasteiger partial charge in [0.05, 0.1) is 0 Å². The molecule has 0 spiro atoms. The van der Waals surface area contributed by atoms with Crippen LogP contribution < -0.4 is 5.32 Å². The van der Waals surface area contributed by atoms with Crippen molar-refractivity contribution in [2.24, 2.45) is 5.92 Å². The van der Waals surface area contributed by atoms with E-state index in [9.17, 15) is 4.79 Å². The second kappa shape index (κ2) is 4.78. The highest BCUT2D eigenvalue weighted by molar-refractivity contribution is 5.76. The SMILES string of the molecule is CC(C)C(C)NC1CCC(=O)N(C)C1. The van der Waals surface area contributed by atoms with Gasteiger partial charge in [-0.15, -0.1) is 0 Å². The quantitative estimate of drug-likeness (QED) is 0.740. The molecule has 1 heterocycles. The Kier molecular flexibility index (Phi) is 3.93. The van der Waals surface area contributed by atoms with Gasteiger partial charge in [-0.25, -0.2) is 0 Å². The fourth-order valence-corrected chi connectivity index (χ4v) is 1.71. The van der Waals surface area contributed by atoms with E-state index in [-0.39, 0.29) is 5.91 Å². The maximum absolute atomic E-state index is 11.3. The first-order valence-electron chi connectivity index (χ1n) is 5.50. The van der Waals surface area contributed by atoms with Gasteiger partial charge >= 0.3 is 0 Å². The molecule has 0 aromatic heterocycles. The van der Waals surface area contributed by atoms with Crippen molar-refractivity contribution in [2.45, 2.75) is 45.7 Å². The highest BCUT2D eigenvalue weighted by Gasteiger charge is 2.24. The minimum Gasteiger partial charge on any atom is -0.344 e. The minimum atomic E-state index is 0.278. The van der Waals surface area contributed by atoms with Crippen molar-refractivity contribution in [3.63, 3.8) is 0 Å². The molecule has 1 fully saturated rings. The van der Waals surface area contributed by atoms with Crippen LogP contribution in [0, 0.1) is 5.92 Å². The third-order valence-corrected chi connectivity index (χ3v) is 3.13. The van der Waals surface area contributed by atoms with Gasteiger partial charge in [0.25, 0.3) is 0 Å². The van der Waals surface area contributed by atoms with E-state index in [1.165, 1.54) is 0 Å². The second-order valence-electron chi connectivity index (χ2n) is 4.71. The normalized spacial score (nSPS) is 25.6. The summed E-state index contributed by atoms with van der Waals surface area (Å²) >= 11 is 0. The van der Waals surface area contributed by atoms with Crippen LogP contribution in [-0.4, -0.2) is 36.5 Å². The largest absolute Gasteiger partial charge is 0.344 e. The van der Waals surface area contributed by atoms with E-state index in [2.05, 4.69) is 26.1 Å². The standard InChI is InChI=1S/C11H22N2O/c1-8(2)9(3)12-10-5-6-11(14)13(4)7-10/h8-10,12H,5-7H2,1-4H3. The lowest BCUT2D eigenvalue weighted by Gasteiger charge is -2.33. The van der Waals surface area contributed by atoms with Crippen molar-refractivity contribution in [1.82, 2.24) is 10.2 Å². The average molecular weight is 198 g/mol. The Morgan fingerprint density at radius 1 is 1.43 bits per heavy atom. The van der Waals surface area contributed by atoms with Crippen LogP contribution in [0.25, 0.3) is 0 Å². The molecular formula is C11H22N2O. The zero-order chi connectivity index (χ0) is 10.7. The molecule has 1 amide bonds. The number of hydrogen-bond donors (Lipinski definition) is 1. The predicted molar refractivity (Wildman–Crippen MR) is 58.1 cm³/mol. The van der Waals surface area contributed by atoms with Crippen LogP contribution in [0.2, 0.25) is 0 Å². The fraction of sp³-hybridized carbons (Fsp3) is 0.909. The molecule has 3 nitrogen and oxygen atoms in total. The lowest BCUT2D eigenvalue weighted by atomic mass is 10.0. The van der Waals surface area contributed by atoms with Crippen molar-refractivity contribution in [1.29, 1.82) is 0 Å². The molecule has 2 unspecified atom stereocenters. The van der Waals surface area contributed by atoms with E-state index in [4.69, 9.17) is 0 Å². The number of nitrogens with one attached hydrogen (secondary N) is 1. The molecule has 0 bridgehead atoms. The molecule has 1 rings (SSSR count). The molecule has 1 saturated heterocycles. The number of nitrogens with zero attached hydrogens (tertiary/aromatic N) is 1. The van der Waals surface area contributed by atoms with Crippen LogP contribution in [0.4, 0.5) is 0 Å². The Balaban J connectivity index is 2.36. The number of likely N-dealkylation sites (tertiary alicyclic amines) is 1. The maximum atomic E-state index is 11.3. The summed E-state index contributed by atoms with van der Waals surface area (Å²) in [7, 11) is 1.89. The summed E-state index contributed by atoms with van der Waals surface area (Å²) in [4.78, 5) is 13.1. The zero-order valence-electron chi connectivity index (χ0n) is 9.71. The number of piperidine rings is 1. The molecule has 82 valence electrons. The van der Waals surface area contributed by atoms with Gasteiger partial charge in [0, 0.05) is 32.1 Å². The number of carbonyl (C=O) groups excluding carboxylic acids is 1. The Morgan fingerprint density at radius 2 is 2.07 bits per heavy atom. The van der Waals surface area contributed by atoms with Gasteiger partial charge < -0.3 is 10.2 Å². The molecule has 0 aromatic rings. The van der Waals surface area contributed by atoms with Crippen LogP contribution in [-0.2, 0) is 4.79 Å². The molecule has 1 aliphatic heterocycles. The summed E-state index contributed by atoms with van der Waals surface area (Å²) in [5.74, 6) is 0.929. The van der Waals surface area contributed by atoms with E-state index in [1.807, 2.05) is 11.9 Å². The predicted octanol–water partition coefficient (Wildman–Crippen LogP) is 1.24. The van der Waals surface area contributed by atoms with Crippen LogP contribution in [0.5, 0.6) is 0 Å². The minimum absolute atomic E-state index is 0.278. The Bertz CT molecular complexity index is 203. The van der Waals surface area contributed by atoms with E-state index < -0.39 is 0 Å². The van der Waals surface area contributed by atoms with Crippen molar-refractivity contribution in [2.75, 3.05) is 13.6 Å². The van der Waals surface area contributed by atoms with Gasteiger partial charge in [-0.2, -0.15) is 0 Å². The van der Waals surface area contributed by atoms with Crippen molar-refractivity contribution >= 4 is 5.91 Å². The van der Waals surface area contributed by atoms with Crippen molar-refractivity contribution < 1.29 is 4.79 Å². The third-order valence-electron chi connectivity index (χ3n) is 3.13. The molecule has 1 N–H and O–H groups in total. The van der Waals surface area contributed by atoms with Gasteiger partial charge in [0.1, 0.15) is 0 Å². The van der Waals surface area contributed by atoms with Crippen LogP contribution in [0.15, 0.2) is 0 Å². The molecule has 2 atom stereocenters. The van der Waals surface area contributed by atoms with Gasteiger partial charge in [0.15, 0.2) is 0 Å². The van der Waals surface area contributed by atoms with E-state index in [0.717, 1.165) is 13.0 Å². The maximum Gasteiger partial charge on any atom is 0.222 e. The monoisotopic (exact) mass is 198 g/mol. The van der Waals surface area contributed by atoms with Crippen molar-refractivity contribution in [3.8, 4) is 0 Å². The van der Waals surface area contributed by atoms with Crippen LogP contribution >= 0.6 is 0 Å². The third kappa shape index (κ3) is 2.98. The topological polar surface area (TPSA) is 32.3 Å². The first kappa shape index (κ1) is 11.5. The second-order valence-corrected chi connectivity index (χ2v) is 4.71. The molecule has 3 heteroatoms.